The van der Waals surface area contributed by atoms with Crippen molar-refractivity contribution in [1.29, 1.82) is 5.26 Å². The fourth-order valence-electron chi connectivity index (χ4n) is 4.97. The van der Waals surface area contributed by atoms with E-state index < -0.39 is 23.7 Å². The molecule has 0 N–H and O–H groups in total. The molecule has 0 atom stereocenters. The third-order valence-electron chi connectivity index (χ3n) is 7.73. The first-order valence-electron chi connectivity index (χ1n) is 17.1. The SMILES string of the molecule is CO/C=C(/C(=O)OC)c1ccccc1Oc1cc(Oc2ccccc2C#N)ncn1.CO/N=C(/C(=O)OC)c1ccccc1CO/N=C(\C)c1cccc(C(F)(F)F)c1. The molecule has 304 valence electrons. The maximum absolute atomic E-state index is 12.9. The molecule has 1 heterocycles. The zero-order chi connectivity index (χ0) is 42.8. The Morgan fingerprint density at radius 1 is 0.763 bits per heavy atom. The molecule has 17 heteroatoms. The maximum atomic E-state index is 12.9. The highest BCUT2D eigenvalue weighted by Gasteiger charge is 2.30. The van der Waals surface area contributed by atoms with Crippen LogP contribution in [-0.2, 0) is 46.3 Å². The van der Waals surface area contributed by atoms with Gasteiger partial charge in [0.05, 0.1) is 50.5 Å². The van der Waals surface area contributed by atoms with Crippen molar-refractivity contribution in [2.24, 2.45) is 10.3 Å². The molecule has 0 spiro atoms. The van der Waals surface area contributed by atoms with Crippen molar-refractivity contribution in [1.82, 2.24) is 9.97 Å². The summed E-state index contributed by atoms with van der Waals surface area (Å²) in [5.74, 6) is -0.172. The average molecular weight is 812 g/mol. The number of hydrogen-bond donors (Lipinski definition) is 0. The number of para-hydroxylation sites is 2. The molecule has 0 radical (unpaired) electrons. The number of ether oxygens (including phenoxy) is 5. The summed E-state index contributed by atoms with van der Waals surface area (Å²) in [5, 5.41) is 16.8. The van der Waals surface area contributed by atoms with Crippen molar-refractivity contribution in [3.63, 3.8) is 0 Å². The van der Waals surface area contributed by atoms with Crippen LogP contribution in [0.1, 0.15) is 40.3 Å². The molecule has 0 aliphatic heterocycles. The molecular weight excluding hydrogens is 775 g/mol. The quantitative estimate of drug-likeness (QED) is 0.0346. The third-order valence-corrected chi connectivity index (χ3v) is 7.73. The number of rotatable bonds is 14. The van der Waals surface area contributed by atoms with Gasteiger partial charge in [-0.25, -0.2) is 19.6 Å². The number of carbonyl (C=O) groups excluding carboxylic acids is 2. The van der Waals surface area contributed by atoms with E-state index in [4.69, 9.17) is 33.4 Å². The molecule has 4 aromatic carbocycles. The normalized spacial score (nSPS) is 11.5. The van der Waals surface area contributed by atoms with Gasteiger partial charge in [0.1, 0.15) is 43.2 Å². The average Bonchev–Trinajstić information content (AvgIpc) is 3.25. The Bertz CT molecular complexity index is 2380. The summed E-state index contributed by atoms with van der Waals surface area (Å²) in [4.78, 5) is 42.2. The van der Waals surface area contributed by atoms with Crippen LogP contribution in [0.2, 0.25) is 0 Å². The molecule has 5 aromatic rings. The molecule has 0 fully saturated rings. The number of methoxy groups -OCH3 is 3. The van der Waals surface area contributed by atoms with Gasteiger partial charge in [0, 0.05) is 16.7 Å². The van der Waals surface area contributed by atoms with Crippen molar-refractivity contribution in [3.8, 4) is 29.3 Å². The molecular formula is C42H36F3N5O9. The predicted molar refractivity (Wildman–Crippen MR) is 207 cm³/mol. The van der Waals surface area contributed by atoms with Crippen molar-refractivity contribution in [2.75, 3.05) is 28.4 Å². The van der Waals surface area contributed by atoms with Crippen LogP contribution in [0.3, 0.4) is 0 Å². The fraction of sp³-hybridized carbons (Fsp3) is 0.167. The van der Waals surface area contributed by atoms with E-state index in [9.17, 15) is 28.0 Å². The molecule has 0 aliphatic carbocycles. The van der Waals surface area contributed by atoms with Gasteiger partial charge >= 0.3 is 18.1 Å². The first kappa shape index (κ1) is 44.0. The highest BCUT2D eigenvalue weighted by atomic mass is 19.4. The lowest BCUT2D eigenvalue weighted by atomic mass is 10.0. The number of alkyl halides is 3. The van der Waals surface area contributed by atoms with Crippen LogP contribution in [0.4, 0.5) is 13.2 Å². The minimum absolute atomic E-state index is 0.0484. The number of aromatic nitrogens is 2. The Hall–Kier alpha value is -7.74. The first-order valence-corrected chi connectivity index (χ1v) is 17.1. The van der Waals surface area contributed by atoms with E-state index in [0.29, 0.717) is 33.8 Å². The fourth-order valence-corrected chi connectivity index (χ4v) is 4.97. The van der Waals surface area contributed by atoms with E-state index in [1.165, 1.54) is 66.2 Å². The van der Waals surface area contributed by atoms with Crippen LogP contribution >= 0.6 is 0 Å². The number of oxime groups is 2. The highest BCUT2D eigenvalue weighted by Crippen LogP contribution is 2.32. The minimum atomic E-state index is -4.44. The molecule has 1 aromatic heterocycles. The smallest absolute Gasteiger partial charge is 0.416 e. The van der Waals surface area contributed by atoms with E-state index in [1.54, 1.807) is 72.8 Å². The zero-order valence-electron chi connectivity index (χ0n) is 32.2. The molecule has 0 amide bonds. The van der Waals surface area contributed by atoms with Crippen molar-refractivity contribution in [3.05, 3.63) is 149 Å². The lowest BCUT2D eigenvalue weighted by molar-refractivity contribution is -0.137. The summed E-state index contributed by atoms with van der Waals surface area (Å²) in [7, 11) is 5.22. The second kappa shape index (κ2) is 21.5. The molecule has 14 nitrogen and oxygen atoms in total. The topological polar surface area (TPSA) is 173 Å². The molecule has 0 unspecified atom stereocenters. The highest BCUT2D eigenvalue weighted by molar-refractivity contribution is 6.43. The van der Waals surface area contributed by atoms with Crippen LogP contribution in [0.25, 0.3) is 5.57 Å². The summed E-state index contributed by atoms with van der Waals surface area (Å²) >= 11 is 0. The van der Waals surface area contributed by atoms with E-state index in [-0.39, 0.29) is 40.9 Å². The van der Waals surface area contributed by atoms with Crippen molar-refractivity contribution >= 4 is 28.9 Å². The molecule has 0 bridgehead atoms. The third kappa shape index (κ3) is 12.4. The summed E-state index contributed by atoms with van der Waals surface area (Å²) < 4.78 is 64.6. The van der Waals surface area contributed by atoms with Gasteiger partial charge in [-0.3, -0.25) is 0 Å². The Labute approximate surface area is 336 Å². The Morgan fingerprint density at radius 2 is 1.39 bits per heavy atom. The largest absolute Gasteiger partial charge is 0.503 e. The lowest BCUT2D eigenvalue weighted by Gasteiger charge is -2.12. The van der Waals surface area contributed by atoms with Crippen LogP contribution in [-0.4, -0.2) is 61.8 Å². The number of halogens is 3. The van der Waals surface area contributed by atoms with Crippen LogP contribution in [0.15, 0.2) is 126 Å². The maximum Gasteiger partial charge on any atom is 0.416 e. The molecule has 0 saturated heterocycles. The van der Waals surface area contributed by atoms with Crippen molar-refractivity contribution in [2.45, 2.75) is 19.7 Å². The monoisotopic (exact) mass is 811 g/mol. The number of nitrogens with zero attached hydrogens (tertiary/aromatic N) is 5. The van der Waals surface area contributed by atoms with Gasteiger partial charge < -0.3 is 33.4 Å². The molecule has 59 heavy (non-hydrogen) atoms. The van der Waals surface area contributed by atoms with Gasteiger partial charge in [0.2, 0.25) is 11.8 Å². The summed E-state index contributed by atoms with van der Waals surface area (Å²) in [6, 6.07) is 28.7. The summed E-state index contributed by atoms with van der Waals surface area (Å²) in [5.41, 5.74) is 1.74. The van der Waals surface area contributed by atoms with E-state index in [0.717, 1.165) is 12.1 Å². The van der Waals surface area contributed by atoms with E-state index in [2.05, 4.69) is 26.3 Å². The van der Waals surface area contributed by atoms with Crippen molar-refractivity contribution < 1.29 is 56.1 Å². The second-order valence-electron chi connectivity index (χ2n) is 11.6. The number of esters is 2. The second-order valence-corrected chi connectivity index (χ2v) is 11.6. The number of carbonyl (C=O) groups is 2. The van der Waals surface area contributed by atoms with Gasteiger partial charge in [-0.15, -0.1) is 0 Å². The van der Waals surface area contributed by atoms with Crippen LogP contribution in [0, 0.1) is 11.3 Å². The number of benzene rings is 4. The lowest BCUT2D eigenvalue weighted by Crippen LogP contribution is -2.19. The van der Waals surface area contributed by atoms with E-state index >= 15 is 0 Å². The Kier molecular flexibility index (Phi) is 16.1. The van der Waals surface area contributed by atoms with E-state index in [1.807, 2.05) is 0 Å². The van der Waals surface area contributed by atoms with Gasteiger partial charge in [0.25, 0.3) is 0 Å². The van der Waals surface area contributed by atoms with Crippen LogP contribution < -0.4 is 9.47 Å². The minimum Gasteiger partial charge on any atom is -0.503 e. The van der Waals surface area contributed by atoms with Gasteiger partial charge in [-0.2, -0.15) is 18.4 Å². The number of hydrogen-bond acceptors (Lipinski definition) is 14. The van der Waals surface area contributed by atoms with Crippen LogP contribution in [0.5, 0.6) is 23.3 Å². The van der Waals surface area contributed by atoms with Gasteiger partial charge in [0.15, 0.2) is 5.71 Å². The Balaban J connectivity index is 0.000000261. The van der Waals surface area contributed by atoms with Gasteiger partial charge in [-0.05, 0) is 42.8 Å². The first-order chi connectivity index (χ1) is 28.4. The van der Waals surface area contributed by atoms with Gasteiger partial charge in [-0.1, -0.05) is 77.0 Å². The molecule has 0 saturated carbocycles. The molecule has 0 aliphatic rings. The molecule has 5 rings (SSSR count). The standard InChI is InChI=1S/C22H17N3O5.C20H19F3N2O4/c1-27-13-17(22(26)28-2)16-8-4-6-10-19(16)30-21-11-20(24-14-25-21)29-18-9-5-3-7-15(18)12-23;1-13(14-8-6-9-16(11-14)20(21,22)23)24-29-12-15-7-4-5-10-17(15)18(25-28-3)19(26)27-2/h3-11,13-14H,1-2H3;4-11H,12H2,1-3H3/b17-13+;24-13+,25-18+. The summed E-state index contributed by atoms with van der Waals surface area (Å²) in [6.45, 7) is 1.49. The summed E-state index contributed by atoms with van der Waals surface area (Å²) in [6.07, 6.45) is -1.89. The Morgan fingerprint density at radius 3 is 2.03 bits per heavy atom. The number of nitriles is 1. The predicted octanol–water partition coefficient (Wildman–Crippen LogP) is 8.26. The zero-order valence-corrected chi connectivity index (χ0v) is 32.2.